The zero-order chi connectivity index (χ0) is 19.6. The molecule has 148 valence electrons. The smallest absolute Gasteiger partial charge is 0.269 e. The van der Waals surface area contributed by atoms with Crippen LogP contribution in [0, 0.1) is 0 Å². The summed E-state index contributed by atoms with van der Waals surface area (Å²) in [6.45, 7) is 5.58. The van der Waals surface area contributed by atoms with E-state index < -0.39 is 0 Å². The van der Waals surface area contributed by atoms with Crippen LogP contribution in [0.1, 0.15) is 63.4 Å². The lowest BCUT2D eigenvalue weighted by Crippen LogP contribution is -2.24. The Hall–Kier alpha value is -2.36. The first-order valence-electron chi connectivity index (χ1n) is 10.1. The number of hydrogen-bond acceptors (Lipinski definition) is 3. The first-order chi connectivity index (χ1) is 13.1. The van der Waals surface area contributed by atoms with E-state index in [4.69, 9.17) is 0 Å². The van der Waals surface area contributed by atoms with Gasteiger partial charge in [-0.05, 0) is 42.2 Å². The molecule has 1 aliphatic rings. The summed E-state index contributed by atoms with van der Waals surface area (Å²) in [5.41, 5.74) is 5.34. The molecule has 0 fully saturated rings. The number of pyridine rings is 1. The number of hydrogen-bond donors (Lipinski definition) is 1. The highest BCUT2D eigenvalue weighted by molar-refractivity contribution is 5.92. The van der Waals surface area contributed by atoms with E-state index in [9.17, 15) is 4.79 Å². The molecular weight excluding hydrogens is 334 g/mol. The average molecular weight is 370 g/mol. The van der Waals surface area contributed by atoms with Crippen LogP contribution in [-0.2, 0) is 6.42 Å². The van der Waals surface area contributed by atoms with Crippen molar-refractivity contribution >= 4 is 11.6 Å². The van der Waals surface area contributed by atoms with E-state index in [2.05, 4.69) is 54.3 Å². The number of amides is 1. The van der Waals surface area contributed by atoms with Gasteiger partial charge >= 0.3 is 0 Å². The van der Waals surface area contributed by atoms with Crippen LogP contribution >= 0.6 is 0 Å². The number of carbonyl (C=O) groups is 1. The molecule has 4 nitrogen and oxygen atoms in total. The van der Waals surface area contributed by atoms with E-state index in [1.165, 1.54) is 43.4 Å². The molecule has 27 heavy (non-hydrogen) atoms. The first kappa shape index (κ1) is 20.9. The highest BCUT2D eigenvalue weighted by atomic mass is 16.1. The molecule has 0 saturated heterocycles. The molecule has 0 radical (unpaired) electrons. The Balaban J connectivity index is 0.000000492. The molecule has 0 spiro atoms. The summed E-state index contributed by atoms with van der Waals surface area (Å²) in [5, 5.41) is 2.58. The second-order valence-electron chi connectivity index (χ2n) is 7.09. The van der Waals surface area contributed by atoms with Crippen molar-refractivity contribution in [2.24, 2.45) is 0 Å². The van der Waals surface area contributed by atoms with Gasteiger partial charge in [-0.2, -0.15) is 0 Å². The molecule has 1 aromatic carbocycles. The predicted molar refractivity (Wildman–Crippen MR) is 117 cm³/mol. The van der Waals surface area contributed by atoms with Crippen molar-refractivity contribution in [1.82, 2.24) is 10.3 Å². The molecular formula is C23H35N3O. The molecule has 0 atom stereocenters. The predicted octanol–water partition coefficient (Wildman–Crippen LogP) is 5.32. The molecule has 1 aromatic heterocycles. The van der Waals surface area contributed by atoms with Crippen LogP contribution in [-0.4, -0.2) is 31.5 Å². The van der Waals surface area contributed by atoms with Gasteiger partial charge in [0, 0.05) is 39.5 Å². The average Bonchev–Trinajstić information content (AvgIpc) is 2.72. The molecule has 2 aromatic rings. The Bertz CT molecular complexity index is 727. The fourth-order valence-electron chi connectivity index (χ4n) is 3.29. The zero-order valence-electron chi connectivity index (χ0n) is 17.2. The number of fused-ring (bicyclic) bond motifs is 1. The van der Waals surface area contributed by atoms with E-state index >= 15 is 0 Å². The van der Waals surface area contributed by atoms with Gasteiger partial charge in [0.05, 0.1) is 0 Å². The quantitative estimate of drug-likeness (QED) is 0.725. The standard InChI is InChI=1S/C17H19N3O.C6H14.H2/c1-18-17(21)15-7-5-14(11-19-15)12-6-8-16-13(10-12)4-3-9-20(16)2;1-3-5-6-4-2;/h5-8,10-11H,3-4,9H2,1-2H3,(H,18,21);3-6H2,1-2H3;1H. The van der Waals surface area contributed by atoms with E-state index in [1.54, 1.807) is 19.3 Å². The summed E-state index contributed by atoms with van der Waals surface area (Å²) in [7, 11) is 3.75. The topological polar surface area (TPSA) is 45.2 Å². The summed E-state index contributed by atoms with van der Waals surface area (Å²) in [4.78, 5) is 18.0. The van der Waals surface area contributed by atoms with Gasteiger partial charge in [0.15, 0.2) is 0 Å². The first-order valence-corrected chi connectivity index (χ1v) is 10.1. The van der Waals surface area contributed by atoms with Gasteiger partial charge in [0.1, 0.15) is 5.69 Å². The fraction of sp³-hybridized carbons (Fsp3) is 0.478. The van der Waals surface area contributed by atoms with Gasteiger partial charge in [-0.15, -0.1) is 0 Å². The maximum atomic E-state index is 11.5. The number of rotatable bonds is 5. The maximum absolute atomic E-state index is 11.5. The van der Waals surface area contributed by atoms with E-state index in [-0.39, 0.29) is 7.33 Å². The van der Waals surface area contributed by atoms with Gasteiger partial charge in [0.25, 0.3) is 5.91 Å². The van der Waals surface area contributed by atoms with E-state index in [0.29, 0.717) is 5.69 Å². The Kier molecular flexibility index (Phi) is 8.31. The molecule has 4 heteroatoms. The highest BCUT2D eigenvalue weighted by Crippen LogP contribution is 2.30. The molecule has 1 amide bonds. The lowest BCUT2D eigenvalue weighted by molar-refractivity contribution is 0.0958. The number of aryl methyl sites for hydroxylation is 1. The molecule has 2 heterocycles. The van der Waals surface area contributed by atoms with Gasteiger partial charge in [-0.1, -0.05) is 51.7 Å². The van der Waals surface area contributed by atoms with Crippen molar-refractivity contribution in [3.63, 3.8) is 0 Å². The fourth-order valence-corrected chi connectivity index (χ4v) is 3.29. The summed E-state index contributed by atoms with van der Waals surface area (Å²) in [6, 6.07) is 10.3. The Morgan fingerprint density at radius 2 is 1.85 bits per heavy atom. The van der Waals surface area contributed by atoms with Crippen molar-refractivity contribution in [2.45, 2.75) is 52.4 Å². The number of nitrogens with one attached hydrogen (secondary N) is 1. The second kappa shape index (κ2) is 10.7. The summed E-state index contributed by atoms with van der Waals surface area (Å²) >= 11 is 0. The molecule has 3 rings (SSSR count). The van der Waals surface area contributed by atoms with E-state index in [0.717, 1.165) is 24.1 Å². The normalized spacial score (nSPS) is 12.7. The number of nitrogens with zero attached hydrogens (tertiary/aromatic N) is 2. The van der Waals surface area contributed by atoms with Crippen LogP contribution in [0.25, 0.3) is 11.1 Å². The van der Waals surface area contributed by atoms with Crippen LogP contribution in [0.4, 0.5) is 5.69 Å². The van der Waals surface area contributed by atoms with Crippen molar-refractivity contribution in [1.29, 1.82) is 0 Å². The van der Waals surface area contributed by atoms with Gasteiger partial charge < -0.3 is 10.2 Å². The van der Waals surface area contributed by atoms with Crippen LogP contribution < -0.4 is 10.2 Å². The van der Waals surface area contributed by atoms with E-state index in [1.807, 2.05) is 6.07 Å². The van der Waals surface area contributed by atoms with Crippen molar-refractivity contribution in [3.05, 3.63) is 47.8 Å². The van der Waals surface area contributed by atoms with Gasteiger partial charge in [-0.25, -0.2) is 0 Å². The van der Waals surface area contributed by atoms with Crippen LogP contribution in [0.5, 0.6) is 0 Å². The zero-order valence-corrected chi connectivity index (χ0v) is 17.2. The van der Waals surface area contributed by atoms with Crippen LogP contribution in [0.15, 0.2) is 36.5 Å². The minimum Gasteiger partial charge on any atom is -0.374 e. The van der Waals surface area contributed by atoms with Crippen LogP contribution in [0.2, 0.25) is 0 Å². The van der Waals surface area contributed by atoms with Crippen LogP contribution in [0.3, 0.4) is 0 Å². The SMILES string of the molecule is CCCCCC.CNC(=O)c1ccc(-c2ccc3c(c2)CCCN3C)cn1.[HH]. The number of benzene rings is 1. The summed E-state index contributed by atoms with van der Waals surface area (Å²) in [6.07, 6.45) is 9.62. The number of unbranched alkanes of at least 4 members (excludes halogenated alkanes) is 3. The summed E-state index contributed by atoms with van der Waals surface area (Å²) in [5.74, 6) is -0.159. The number of anilines is 1. The third-order valence-electron chi connectivity index (χ3n) is 4.94. The maximum Gasteiger partial charge on any atom is 0.269 e. The molecule has 1 N–H and O–H groups in total. The minimum atomic E-state index is -0.159. The number of aromatic nitrogens is 1. The van der Waals surface area contributed by atoms with Gasteiger partial charge in [-0.3, -0.25) is 9.78 Å². The second-order valence-corrected chi connectivity index (χ2v) is 7.09. The lowest BCUT2D eigenvalue weighted by atomic mass is 9.97. The molecule has 0 bridgehead atoms. The van der Waals surface area contributed by atoms with Gasteiger partial charge in [0.2, 0.25) is 0 Å². The van der Waals surface area contributed by atoms with Crippen molar-refractivity contribution in [3.8, 4) is 11.1 Å². The highest BCUT2D eigenvalue weighted by Gasteiger charge is 2.14. The largest absolute Gasteiger partial charge is 0.374 e. The third kappa shape index (κ3) is 5.81. The summed E-state index contributed by atoms with van der Waals surface area (Å²) < 4.78 is 0. The third-order valence-corrected chi connectivity index (χ3v) is 4.94. The lowest BCUT2D eigenvalue weighted by Gasteiger charge is -2.27. The molecule has 1 aliphatic heterocycles. The Labute approximate surface area is 165 Å². The monoisotopic (exact) mass is 369 g/mol. The number of carbonyl (C=O) groups excluding carboxylic acids is 1. The molecule has 0 unspecified atom stereocenters. The molecule has 0 aliphatic carbocycles. The Morgan fingerprint density at radius 1 is 1.15 bits per heavy atom. The van der Waals surface area contributed by atoms with Crippen molar-refractivity contribution < 1.29 is 6.22 Å². The molecule has 0 saturated carbocycles. The van der Waals surface area contributed by atoms with Crippen molar-refractivity contribution in [2.75, 3.05) is 25.5 Å². The minimum absolute atomic E-state index is 0. The Morgan fingerprint density at radius 3 is 2.44 bits per heavy atom.